The maximum Gasteiger partial charge on any atom is 0.223 e. The molecule has 0 saturated carbocycles. The second-order valence-corrected chi connectivity index (χ2v) is 8.29. The third-order valence-corrected chi connectivity index (χ3v) is 6.00. The lowest BCUT2D eigenvalue weighted by molar-refractivity contribution is -0.125. The van der Waals surface area contributed by atoms with Crippen molar-refractivity contribution in [2.75, 3.05) is 25.1 Å². The quantitative estimate of drug-likeness (QED) is 0.589. The van der Waals surface area contributed by atoms with Gasteiger partial charge < -0.3 is 19.5 Å². The summed E-state index contributed by atoms with van der Waals surface area (Å²) in [4.78, 5) is 19.6. The highest BCUT2D eigenvalue weighted by atomic mass is 79.9. The van der Waals surface area contributed by atoms with E-state index in [-0.39, 0.29) is 11.8 Å². The highest BCUT2D eigenvalue weighted by molar-refractivity contribution is 9.10. The summed E-state index contributed by atoms with van der Waals surface area (Å²) in [7, 11) is 1.64. The van der Waals surface area contributed by atoms with Crippen molar-refractivity contribution in [2.24, 2.45) is 5.92 Å². The average molecular weight is 469 g/mol. The van der Waals surface area contributed by atoms with Gasteiger partial charge in [0, 0.05) is 54.2 Å². The first kappa shape index (κ1) is 20.5. The van der Waals surface area contributed by atoms with Crippen molar-refractivity contribution in [1.29, 1.82) is 0 Å². The fourth-order valence-corrected chi connectivity index (χ4v) is 4.30. The van der Waals surface area contributed by atoms with Crippen LogP contribution < -0.4 is 15.0 Å². The highest BCUT2D eigenvalue weighted by Crippen LogP contribution is 2.27. The Morgan fingerprint density at radius 3 is 2.70 bits per heavy atom. The van der Waals surface area contributed by atoms with E-state index in [2.05, 4.69) is 41.8 Å². The number of hydrogen-bond acceptors (Lipinski definition) is 4. The molecule has 0 bridgehead atoms. The number of amides is 1. The van der Waals surface area contributed by atoms with Gasteiger partial charge in [-0.15, -0.1) is 0 Å². The number of piperidine rings is 1. The molecule has 1 fully saturated rings. The minimum atomic E-state index is 0.0122. The lowest BCUT2D eigenvalue weighted by atomic mass is 9.95. The van der Waals surface area contributed by atoms with Gasteiger partial charge in [-0.25, -0.2) is 4.98 Å². The Balaban J connectivity index is 1.36. The number of nitrogens with zero attached hydrogens (tertiary/aromatic N) is 3. The zero-order valence-electron chi connectivity index (χ0n) is 16.9. The molecule has 4 rings (SSSR count). The molecule has 7 heteroatoms. The van der Waals surface area contributed by atoms with Crippen LogP contribution in [-0.4, -0.2) is 35.7 Å². The standard InChI is InChI=1S/C23H25BrN4O2/c1-30-21-7-6-19(24)15-18(21)16-26-23(29)17-8-13-28(14-9-17)22-20(5-4-10-25-22)27-11-2-3-12-27/h2-7,10-12,15,17H,8-9,13-14,16H2,1H3,(H,26,29). The number of hydrogen-bond donors (Lipinski definition) is 1. The van der Waals surface area contributed by atoms with Crippen LogP contribution in [0.15, 0.2) is 65.5 Å². The number of methoxy groups -OCH3 is 1. The van der Waals surface area contributed by atoms with E-state index in [9.17, 15) is 4.79 Å². The van der Waals surface area contributed by atoms with Crippen molar-refractivity contribution in [3.8, 4) is 11.4 Å². The highest BCUT2D eigenvalue weighted by Gasteiger charge is 2.26. The predicted octanol–water partition coefficient (Wildman–Crippen LogP) is 4.18. The Morgan fingerprint density at radius 2 is 1.97 bits per heavy atom. The summed E-state index contributed by atoms with van der Waals surface area (Å²) < 4.78 is 8.44. The van der Waals surface area contributed by atoms with Crippen molar-refractivity contribution in [3.63, 3.8) is 0 Å². The van der Waals surface area contributed by atoms with Gasteiger partial charge in [-0.1, -0.05) is 15.9 Å². The largest absolute Gasteiger partial charge is 0.496 e. The van der Waals surface area contributed by atoms with Gasteiger partial charge >= 0.3 is 0 Å². The number of rotatable bonds is 6. The molecule has 1 saturated heterocycles. The zero-order chi connectivity index (χ0) is 20.9. The van der Waals surface area contributed by atoms with Gasteiger partial charge in [0.25, 0.3) is 0 Å². The summed E-state index contributed by atoms with van der Waals surface area (Å²) in [5, 5.41) is 3.08. The van der Waals surface area contributed by atoms with E-state index in [1.54, 1.807) is 7.11 Å². The van der Waals surface area contributed by atoms with Gasteiger partial charge in [-0.2, -0.15) is 0 Å². The maximum atomic E-state index is 12.8. The van der Waals surface area contributed by atoms with Gasteiger partial charge in [-0.05, 0) is 55.3 Å². The summed E-state index contributed by atoms with van der Waals surface area (Å²) in [6.45, 7) is 2.08. The summed E-state index contributed by atoms with van der Waals surface area (Å²) in [6, 6.07) is 13.9. The van der Waals surface area contributed by atoms with E-state index >= 15 is 0 Å². The first-order valence-corrected chi connectivity index (χ1v) is 10.9. The van der Waals surface area contributed by atoms with Crippen LogP contribution in [0.25, 0.3) is 5.69 Å². The molecule has 1 aromatic carbocycles. The lowest BCUT2D eigenvalue weighted by Crippen LogP contribution is -2.41. The molecule has 6 nitrogen and oxygen atoms in total. The van der Waals surface area contributed by atoms with Crippen LogP contribution >= 0.6 is 15.9 Å². The molecule has 0 atom stereocenters. The topological polar surface area (TPSA) is 59.4 Å². The van der Waals surface area contributed by atoms with Crippen molar-refractivity contribution in [2.45, 2.75) is 19.4 Å². The lowest BCUT2D eigenvalue weighted by Gasteiger charge is -2.33. The van der Waals surface area contributed by atoms with Crippen LogP contribution in [0.3, 0.4) is 0 Å². The van der Waals surface area contributed by atoms with Gasteiger partial charge in [0.15, 0.2) is 5.82 Å². The second kappa shape index (κ2) is 9.34. The molecule has 0 aliphatic carbocycles. The van der Waals surface area contributed by atoms with Crippen molar-refractivity contribution in [3.05, 3.63) is 71.1 Å². The normalized spacial score (nSPS) is 14.5. The number of carbonyl (C=O) groups is 1. The molecule has 2 aromatic heterocycles. The van der Waals surface area contributed by atoms with Crippen LogP contribution in [0.1, 0.15) is 18.4 Å². The van der Waals surface area contributed by atoms with E-state index in [0.717, 1.165) is 53.2 Å². The third kappa shape index (κ3) is 4.51. The zero-order valence-corrected chi connectivity index (χ0v) is 18.5. The second-order valence-electron chi connectivity index (χ2n) is 7.37. The number of pyridine rings is 1. The Hall–Kier alpha value is -2.80. The summed E-state index contributed by atoms with van der Waals surface area (Å²) in [6.07, 6.45) is 7.49. The molecule has 3 aromatic rings. The average Bonchev–Trinajstić information content (AvgIpc) is 3.32. The Morgan fingerprint density at radius 1 is 1.20 bits per heavy atom. The predicted molar refractivity (Wildman–Crippen MR) is 121 cm³/mol. The number of nitrogens with one attached hydrogen (secondary N) is 1. The summed E-state index contributed by atoms with van der Waals surface area (Å²) >= 11 is 3.48. The molecule has 0 spiro atoms. The SMILES string of the molecule is COc1ccc(Br)cc1CNC(=O)C1CCN(c2ncccc2-n2cccc2)CC1. The fourth-order valence-electron chi connectivity index (χ4n) is 3.89. The summed E-state index contributed by atoms with van der Waals surface area (Å²) in [5.41, 5.74) is 2.02. The Labute approximate surface area is 185 Å². The molecule has 3 heterocycles. The van der Waals surface area contributed by atoms with Crippen LogP contribution in [0.2, 0.25) is 0 Å². The van der Waals surface area contributed by atoms with Gasteiger partial charge in [-0.3, -0.25) is 4.79 Å². The van der Waals surface area contributed by atoms with Gasteiger partial charge in [0.2, 0.25) is 5.91 Å². The molecular weight excluding hydrogens is 444 g/mol. The van der Waals surface area contributed by atoms with Gasteiger partial charge in [0.05, 0.1) is 12.8 Å². The van der Waals surface area contributed by atoms with Crippen LogP contribution in [-0.2, 0) is 11.3 Å². The molecule has 1 aliphatic rings. The number of benzene rings is 1. The fraction of sp³-hybridized carbons (Fsp3) is 0.304. The molecule has 1 aliphatic heterocycles. The van der Waals surface area contributed by atoms with E-state index in [1.165, 1.54) is 0 Å². The summed E-state index contributed by atoms with van der Waals surface area (Å²) in [5.74, 6) is 1.86. The van der Waals surface area contributed by atoms with Crippen molar-refractivity contribution >= 4 is 27.7 Å². The molecule has 1 N–H and O–H groups in total. The third-order valence-electron chi connectivity index (χ3n) is 5.51. The number of anilines is 1. The minimum absolute atomic E-state index is 0.0122. The van der Waals surface area contributed by atoms with Crippen molar-refractivity contribution in [1.82, 2.24) is 14.9 Å². The molecule has 0 radical (unpaired) electrons. The van der Waals surface area contributed by atoms with Gasteiger partial charge in [0.1, 0.15) is 5.75 Å². The molecule has 0 unspecified atom stereocenters. The number of aromatic nitrogens is 2. The van der Waals surface area contributed by atoms with E-state index in [4.69, 9.17) is 4.74 Å². The maximum absolute atomic E-state index is 12.8. The van der Waals surface area contributed by atoms with Crippen LogP contribution in [0, 0.1) is 5.92 Å². The van der Waals surface area contributed by atoms with E-state index in [0.29, 0.717) is 6.54 Å². The monoisotopic (exact) mass is 468 g/mol. The number of carbonyl (C=O) groups excluding carboxylic acids is 1. The van der Waals surface area contributed by atoms with Crippen LogP contribution in [0.4, 0.5) is 5.82 Å². The smallest absolute Gasteiger partial charge is 0.223 e. The van der Waals surface area contributed by atoms with E-state index in [1.807, 2.05) is 55.0 Å². The molecule has 1 amide bonds. The number of ether oxygens (including phenoxy) is 1. The Bertz CT molecular complexity index is 998. The molecule has 30 heavy (non-hydrogen) atoms. The Kier molecular flexibility index (Phi) is 6.38. The minimum Gasteiger partial charge on any atom is -0.496 e. The molecule has 156 valence electrons. The van der Waals surface area contributed by atoms with E-state index < -0.39 is 0 Å². The molecular formula is C23H25BrN4O2. The van der Waals surface area contributed by atoms with Crippen LogP contribution in [0.5, 0.6) is 5.75 Å². The first-order chi connectivity index (χ1) is 14.7. The van der Waals surface area contributed by atoms with Crippen molar-refractivity contribution < 1.29 is 9.53 Å². The number of halogens is 1. The first-order valence-electron chi connectivity index (χ1n) is 10.1.